The Labute approximate surface area is 108 Å². The first kappa shape index (κ1) is 15.2. The van der Waals surface area contributed by atoms with Gasteiger partial charge in [0, 0.05) is 19.6 Å². The van der Waals surface area contributed by atoms with E-state index < -0.39 is 8.32 Å². The third-order valence-electron chi connectivity index (χ3n) is 3.92. The maximum Gasteiger partial charge on any atom is 0.192 e. The van der Waals surface area contributed by atoms with Gasteiger partial charge in [-0.1, -0.05) is 20.8 Å². The van der Waals surface area contributed by atoms with Gasteiger partial charge in [-0.15, -0.1) is 0 Å². The van der Waals surface area contributed by atoms with E-state index in [9.17, 15) is 0 Å². The van der Waals surface area contributed by atoms with Gasteiger partial charge in [-0.2, -0.15) is 0 Å². The lowest BCUT2D eigenvalue weighted by Crippen LogP contribution is -2.47. The molecule has 102 valence electrons. The molecule has 0 spiro atoms. The minimum absolute atomic E-state index is 0.298. The third kappa shape index (κ3) is 4.70. The summed E-state index contributed by atoms with van der Waals surface area (Å²) < 4.78 is 11.7. The molecule has 0 aliphatic carbocycles. The van der Waals surface area contributed by atoms with Gasteiger partial charge >= 0.3 is 0 Å². The van der Waals surface area contributed by atoms with Crippen LogP contribution in [0.3, 0.4) is 0 Å². The molecular formula is C13H29NO2Si. The quantitative estimate of drug-likeness (QED) is 0.725. The SMILES string of the molecule is CC(CN1CCOCC1)O[Si](C)(C)C(C)(C)C. The summed E-state index contributed by atoms with van der Waals surface area (Å²) in [5.41, 5.74) is 0. The minimum Gasteiger partial charge on any atom is -0.413 e. The molecule has 0 N–H and O–H groups in total. The molecule has 0 radical (unpaired) electrons. The monoisotopic (exact) mass is 259 g/mol. The van der Waals surface area contributed by atoms with Crippen LogP contribution in [-0.2, 0) is 9.16 Å². The van der Waals surface area contributed by atoms with Crippen LogP contribution < -0.4 is 0 Å². The molecular weight excluding hydrogens is 230 g/mol. The number of nitrogens with zero attached hydrogens (tertiary/aromatic N) is 1. The molecule has 0 aromatic rings. The summed E-state index contributed by atoms with van der Waals surface area (Å²) in [6.45, 7) is 18.6. The van der Waals surface area contributed by atoms with Crippen molar-refractivity contribution in [1.29, 1.82) is 0 Å². The summed E-state index contributed by atoms with van der Waals surface area (Å²) >= 11 is 0. The van der Waals surface area contributed by atoms with Crippen LogP contribution in [0.4, 0.5) is 0 Å². The van der Waals surface area contributed by atoms with Crippen LogP contribution >= 0.6 is 0 Å². The van der Waals surface area contributed by atoms with E-state index in [1.165, 1.54) is 0 Å². The highest BCUT2D eigenvalue weighted by Gasteiger charge is 2.38. The summed E-state index contributed by atoms with van der Waals surface area (Å²) in [5.74, 6) is 0. The first-order valence-corrected chi connectivity index (χ1v) is 9.61. The molecule has 4 heteroatoms. The van der Waals surface area contributed by atoms with E-state index in [0.29, 0.717) is 11.1 Å². The van der Waals surface area contributed by atoms with E-state index in [4.69, 9.17) is 9.16 Å². The lowest BCUT2D eigenvalue weighted by Gasteiger charge is -2.40. The number of hydrogen-bond acceptors (Lipinski definition) is 3. The van der Waals surface area contributed by atoms with Crippen molar-refractivity contribution in [3.05, 3.63) is 0 Å². The fraction of sp³-hybridized carbons (Fsp3) is 1.00. The summed E-state index contributed by atoms with van der Waals surface area (Å²) in [7, 11) is -1.61. The average molecular weight is 259 g/mol. The number of rotatable bonds is 4. The molecule has 1 fully saturated rings. The summed E-state index contributed by atoms with van der Waals surface area (Å²) in [6.07, 6.45) is 0.328. The zero-order chi connectivity index (χ0) is 13.1. The van der Waals surface area contributed by atoms with Crippen LogP contribution in [0.15, 0.2) is 0 Å². The van der Waals surface area contributed by atoms with Crippen LogP contribution in [0.25, 0.3) is 0 Å². The van der Waals surface area contributed by atoms with Crippen LogP contribution in [0.2, 0.25) is 18.1 Å². The van der Waals surface area contributed by atoms with Crippen molar-refractivity contribution in [2.75, 3.05) is 32.8 Å². The highest BCUT2D eigenvalue weighted by molar-refractivity contribution is 6.74. The standard InChI is InChI=1S/C13H29NO2Si/c1-12(11-14-7-9-15-10-8-14)16-17(5,6)13(2,3)4/h12H,7-11H2,1-6H3. The Morgan fingerprint density at radius 2 is 1.76 bits per heavy atom. The van der Waals surface area contributed by atoms with Crippen molar-refractivity contribution in [1.82, 2.24) is 4.90 Å². The van der Waals surface area contributed by atoms with Crippen LogP contribution in [-0.4, -0.2) is 52.2 Å². The highest BCUT2D eigenvalue weighted by atomic mass is 28.4. The highest BCUT2D eigenvalue weighted by Crippen LogP contribution is 2.37. The molecule has 1 aliphatic rings. The van der Waals surface area contributed by atoms with Crippen molar-refractivity contribution in [2.24, 2.45) is 0 Å². The lowest BCUT2D eigenvalue weighted by molar-refractivity contribution is 0.0199. The predicted octanol–water partition coefficient (Wildman–Crippen LogP) is 2.73. The second-order valence-electron chi connectivity index (χ2n) is 6.60. The molecule has 0 saturated carbocycles. The molecule has 1 atom stereocenters. The molecule has 1 heterocycles. The second kappa shape index (κ2) is 5.82. The number of ether oxygens (including phenoxy) is 1. The Balaban J connectivity index is 2.40. The second-order valence-corrected chi connectivity index (χ2v) is 11.4. The molecule has 1 aliphatic heterocycles. The van der Waals surface area contributed by atoms with Gasteiger partial charge < -0.3 is 9.16 Å². The first-order chi connectivity index (χ1) is 7.72. The van der Waals surface area contributed by atoms with E-state index in [2.05, 4.69) is 45.7 Å². The topological polar surface area (TPSA) is 21.7 Å². The van der Waals surface area contributed by atoms with E-state index in [0.717, 1.165) is 32.8 Å². The van der Waals surface area contributed by atoms with E-state index in [-0.39, 0.29) is 0 Å². The van der Waals surface area contributed by atoms with Crippen molar-refractivity contribution >= 4 is 8.32 Å². The Hall–Kier alpha value is 0.0969. The third-order valence-corrected chi connectivity index (χ3v) is 8.53. The zero-order valence-electron chi connectivity index (χ0n) is 12.4. The largest absolute Gasteiger partial charge is 0.413 e. The Kier molecular flexibility index (Phi) is 5.19. The number of morpholine rings is 1. The van der Waals surface area contributed by atoms with Gasteiger partial charge in [0.1, 0.15) is 0 Å². The predicted molar refractivity (Wildman–Crippen MR) is 75.0 cm³/mol. The smallest absolute Gasteiger partial charge is 0.192 e. The molecule has 3 nitrogen and oxygen atoms in total. The average Bonchev–Trinajstić information content (AvgIpc) is 2.16. The molecule has 1 rings (SSSR count). The van der Waals surface area contributed by atoms with Gasteiger partial charge in [-0.05, 0) is 25.1 Å². The van der Waals surface area contributed by atoms with Gasteiger partial charge in [0.15, 0.2) is 8.32 Å². The molecule has 0 aromatic carbocycles. The van der Waals surface area contributed by atoms with Crippen molar-refractivity contribution < 1.29 is 9.16 Å². The summed E-state index contributed by atoms with van der Waals surface area (Å²) in [6, 6.07) is 0. The van der Waals surface area contributed by atoms with Crippen LogP contribution in [0, 0.1) is 0 Å². The normalized spacial score (nSPS) is 21.5. The van der Waals surface area contributed by atoms with E-state index in [1.807, 2.05) is 0 Å². The number of hydrogen-bond donors (Lipinski definition) is 0. The lowest BCUT2D eigenvalue weighted by atomic mass is 10.2. The molecule has 0 bridgehead atoms. The van der Waals surface area contributed by atoms with E-state index >= 15 is 0 Å². The molecule has 1 saturated heterocycles. The summed E-state index contributed by atoms with van der Waals surface area (Å²) in [5, 5.41) is 0.298. The van der Waals surface area contributed by atoms with Gasteiger partial charge in [-0.3, -0.25) is 4.90 Å². The molecule has 0 amide bonds. The van der Waals surface area contributed by atoms with Crippen molar-refractivity contribution in [2.45, 2.75) is 51.9 Å². The minimum atomic E-state index is -1.61. The van der Waals surface area contributed by atoms with Gasteiger partial charge in [0.05, 0.1) is 19.3 Å². The van der Waals surface area contributed by atoms with Gasteiger partial charge in [0.25, 0.3) is 0 Å². The van der Waals surface area contributed by atoms with Crippen molar-refractivity contribution in [3.63, 3.8) is 0 Å². The Bertz CT molecular complexity index is 232. The van der Waals surface area contributed by atoms with E-state index in [1.54, 1.807) is 0 Å². The van der Waals surface area contributed by atoms with Crippen LogP contribution in [0.5, 0.6) is 0 Å². The Morgan fingerprint density at radius 1 is 1.24 bits per heavy atom. The van der Waals surface area contributed by atoms with Gasteiger partial charge in [0.2, 0.25) is 0 Å². The van der Waals surface area contributed by atoms with Crippen molar-refractivity contribution in [3.8, 4) is 0 Å². The Morgan fingerprint density at radius 3 is 2.24 bits per heavy atom. The first-order valence-electron chi connectivity index (χ1n) is 6.70. The maximum atomic E-state index is 6.36. The zero-order valence-corrected chi connectivity index (χ0v) is 13.4. The maximum absolute atomic E-state index is 6.36. The molecule has 17 heavy (non-hydrogen) atoms. The van der Waals surface area contributed by atoms with Gasteiger partial charge in [-0.25, -0.2) is 0 Å². The summed E-state index contributed by atoms with van der Waals surface area (Å²) in [4.78, 5) is 2.45. The fourth-order valence-electron chi connectivity index (χ4n) is 1.86. The van der Waals surface area contributed by atoms with Crippen LogP contribution in [0.1, 0.15) is 27.7 Å². The molecule has 0 aromatic heterocycles. The fourth-order valence-corrected chi connectivity index (χ4v) is 3.30. The molecule has 1 unspecified atom stereocenters.